The Morgan fingerprint density at radius 3 is 2.80 bits per heavy atom. The van der Waals surface area contributed by atoms with Crippen molar-refractivity contribution in [3.63, 3.8) is 0 Å². The minimum atomic E-state index is -0.617. The molecule has 20 heavy (non-hydrogen) atoms. The average Bonchev–Trinajstić information content (AvgIpc) is 2.73. The lowest BCUT2D eigenvalue weighted by molar-refractivity contribution is -0.133. The fourth-order valence-electron chi connectivity index (χ4n) is 3.20. The Bertz CT molecular complexity index is 361. The number of nitrogens with one attached hydrogen (secondary N) is 2. The number of nitrogens with two attached hydrogens (primary N) is 1. The van der Waals surface area contributed by atoms with Gasteiger partial charge in [-0.1, -0.05) is 19.8 Å². The fraction of sp³-hybridized carbons (Fsp3) is 0.857. The van der Waals surface area contributed by atoms with Crippen LogP contribution in [0.15, 0.2) is 0 Å². The molecular weight excluding hydrogens is 256 g/mol. The highest BCUT2D eigenvalue weighted by Gasteiger charge is 2.33. The number of carbonyl (C=O) groups excluding carboxylic acids is 2. The number of primary amides is 1. The minimum absolute atomic E-state index is 0.0200. The Hall–Kier alpha value is -1.30. The van der Waals surface area contributed by atoms with E-state index >= 15 is 0 Å². The van der Waals surface area contributed by atoms with Crippen LogP contribution < -0.4 is 16.4 Å². The first-order chi connectivity index (χ1) is 9.60. The van der Waals surface area contributed by atoms with E-state index in [-0.39, 0.29) is 5.91 Å². The number of rotatable bonds is 5. The van der Waals surface area contributed by atoms with E-state index in [0.29, 0.717) is 18.5 Å². The van der Waals surface area contributed by atoms with Crippen molar-refractivity contribution in [2.24, 2.45) is 5.73 Å². The molecule has 6 heteroatoms. The van der Waals surface area contributed by atoms with Gasteiger partial charge in [0.05, 0.1) is 0 Å². The summed E-state index contributed by atoms with van der Waals surface area (Å²) in [7, 11) is 0. The van der Waals surface area contributed by atoms with Gasteiger partial charge >= 0.3 is 6.03 Å². The van der Waals surface area contributed by atoms with Gasteiger partial charge in [0.25, 0.3) is 0 Å². The predicted octanol–water partition coefficient (Wildman–Crippen LogP) is 0.566. The molecule has 2 bridgehead atoms. The van der Waals surface area contributed by atoms with Crippen molar-refractivity contribution in [3.05, 3.63) is 0 Å². The van der Waals surface area contributed by atoms with Crippen molar-refractivity contribution < 1.29 is 9.59 Å². The van der Waals surface area contributed by atoms with Gasteiger partial charge in [-0.2, -0.15) is 0 Å². The van der Waals surface area contributed by atoms with Crippen molar-refractivity contribution in [3.8, 4) is 0 Å². The Labute approximate surface area is 120 Å². The van der Waals surface area contributed by atoms with Gasteiger partial charge in [0.2, 0.25) is 5.91 Å². The molecule has 0 saturated carbocycles. The summed E-state index contributed by atoms with van der Waals surface area (Å²) in [4.78, 5) is 25.6. The van der Waals surface area contributed by atoms with Crippen LogP contribution >= 0.6 is 0 Å². The molecule has 114 valence electrons. The maximum absolute atomic E-state index is 12.6. The summed E-state index contributed by atoms with van der Waals surface area (Å²) >= 11 is 0. The summed E-state index contributed by atoms with van der Waals surface area (Å²) in [5.74, 6) is 0.0200. The molecule has 3 amide bonds. The molecule has 0 aromatic rings. The fourth-order valence-corrected chi connectivity index (χ4v) is 3.20. The molecule has 2 aliphatic rings. The smallest absolute Gasteiger partial charge is 0.312 e. The highest BCUT2D eigenvalue weighted by molar-refractivity contribution is 5.86. The quantitative estimate of drug-likeness (QED) is 0.689. The van der Waals surface area contributed by atoms with Gasteiger partial charge in [-0.15, -0.1) is 0 Å². The van der Waals surface area contributed by atoms with Crippen molar-refractivity contribution in [1.82, 2.24) is 15.5 Å². The van der Waals surface area contributed by atoms with Crippen LogP contribution in [0.3, 0.4) is 0 Å². The molecule has 0 aliphatic carbocycles. The highest BCUT2D eigenvalue weighted by Crippen LogP contribution is 2.21. The summed E-state index contributed by atoms with van der Waals surface area (Å²) < 4.78 is 0. The summed E-state index contributed by atoms with van der Waals surface area (Å²) in [5.41, 5.74) is 5.19. The monoisotopic (exact) mass is 282 g/mol. The number of urea groups is 1. The Balaban J connectivity index is 1.96. The van der Waals surface area contributed by atoms with E-state index in [0.717, 1.165) is 38.8 Å². The van der Waals surface area contributed by atoms with E-state index < -0.39 is 12.1 Å². The van der Waals surface area contributed by atoms with Gasteiger partial charge in [-0.05, 0) is 25.7 Å². The van der Waals surface area contributed by atoms with Gasteiger partial charge in [0, 0.05) is 25.2 Å². The molecule has 0 radical (unpaired) electrons. The molecule has 6 nitrogen and oxygen atoms in total. The van der Waals surface area contributed by atoms with Gasteiger partial charge in [-0.25, -0.2) is 4.79 Å². The maximum atomic E-state index is 12.6. The van der Waals surface area contributed by atoms with E-state index in [2.05, 4.69) is 17.6 Å². The third-order valence-electron chi connectivity index (χ3n) is 4.30. The number of hydrogen-bond donors (Lipinski definition) is 3. The van der Waals surface area contributed by atoms with Gasteiger partial charge < -0.3 is 21.3 Å². The molecule has 3 atom stereocenters. The highest BCUT2D eigenvalue weighted by atomic mass is 16.2. The zero-order valence-corrected chi connectivity index (χ0v) is 12.2. The van der Waals surface area contributed by atoms with Crippen LogP contribution in [0.5, 0.6) is 0 Å². The lowest BCUT2D eigenvalue weighted by Crippen LogP contribution is -2.51. The topological polar surface area (TPSA) is 87.5 Å². The van der Waals surface area contributed by atoms with Crippen LogP contribution in [0.4, 0.5) is 4.79 Å². The van der Waals surface area contributed by atoms with Crippen LogP contribution in [0.25, 0.3) is 0 Å². The first-order valence-electron chi connectivity index (χ1n) is 7.71. The van der Waals surface area contributed by atoms with Crippen LogP contribution in [-0.2, 0) is 4.79 Å². The Morgan fingerprint density at radius 2 is 2.10 bits per heavy atom. The summed E-state index contributed by atoms with van der Waals surface area (Å²) in [6.45, 7) is 3.59. The molecular formula is C14H26N4O2. The number of fused-ring (bicyclic) bond motifs is 2. The van der Waals surface area contributed by atoms with Crippen LogP contribution in [0.2, 0.25) is 0 Å². The van der Waals surface area contributed by atoms with Crippen molar-refractivity contribution in [1.29, 1.82) is 0 Å². The number of hydrogen-bond acceptors (Lipinski definition) is 3. The maximum Gasteiger partial charge on any atom is 0.312 e. The molecule has 0 spiro atoms. The number of nitrogens with zero attached hydrogens (tertiary/aromatic N) is 1. The van der Waals surface area contributed by atoms with Crippen molar-refractivity contribution >= 4 is 11.9 Å². The van der Waals surface area contributed by atoms with E-state index in [1.54, 1.807) is 0 Å². The zero-order chi connectivity index (χ0) is 14.5. The number of amides is 3. The standard InChI is InChI=1S/C14H26N4O2/c1-2-3-4-12(17-14(15)20)13(19)18-8-7-10-5-6-11(9-18)16-10/h10-12,16H,2-9H2,1H3,(H3,15,17,20). The molecule has 4 N–H and O–H groups in total. The first-order valence-corrected chi connectivity index (χ1v) is 7.71. The van der Waals surface area contributed by atoms with E-state index in [1.807, 2.05) is 4.90 Å². The van der Waals surface area contributed by atoms with Crippen LogP contribution in [-0.4, -0.2) is 48.1 Å². The molecule has 2 heterocycles. The SMILES string of the molecule is CCCCC(NC(N)=O)C(=O)N1CCC2CCC(C1)N2. The second-order valence-corrected chi connectivity index (χ2v) is 5.91. The normalized spacial score (nSPS) is 26.9. The van der Waals surface area contributed by atoms with Crippen LogP contribution in [0.1, 0.15) is 45.4 Å². The summed E-state index contributed by atoms with van der Waals surface area (Å²) in [6.07, 6.45) is 5.92. The molecule has 0 aromatic heterocycles. The van der Waals surface area contributed by atoms with Gasteiger partial charge in [0.1, 0.15) is 6.04 Å². The summed E-state index contributed by atoms with van der Waals surface area (Å²) in [5, 5.41) is 6.16. The summed E-state index contributed by atoms with van der Waals surface area (Å²) in [6, 6.07) is -0.124. The molecule has 2 fully saturated rings. The Morgan fingerprint density at radius 1 is 1.35 bits per heavy atom. The Kier molecular flexibility index (Phi) is 5.23. The van der Waals surface area contributed by atoms with Gasteiger partial charge in [0.15, 0.2) is 0 Å². The first kappa shape index (κ1) is 15.1. The largest absolute Gasteiger partial charge is 0.352 e. The molecule has 2 saturated heterocycles. The lowest BCUT2D eigenvalue weighted by atomic mass is 10.1. The zero-order valence-electron chi connectivity index (χ0n) is 12.2. The average molecular weight is 282 g/mol. The third kappa shape index (κ3) is 3.85. The van der Waals surface area contributed by atoms with E-state index in [9.17, 15) is 9.59 Å². The molecule has 3 unspecified atom stereocenters. The second kappa shape index (κ2) is 6.92. The molecule has 2 aliphatic heterocycles. The number of carbonyl (C=O) groups is 2. The molecule has 2 rings (SSSR count). The number of likely N-dealkylation sites (tertiary alicyclic amines) is 1. The van der Waals surface area contributed by atoms with E-state index in [1.165, 1.54) is 6.42 Å². The second-order valence-electron chi connectivity index (χ2n) is 5.91. The predicted molar refractivity (Wildman–Crippen MR) is 77.2 cm³/mol. The minimum Gasteiger partial charge on any atom is -0.352 e. The molecule has 0 aromatic carbocycles. The lowest BCUT2D eigenvalue weighted by Gasteiger charge is -2.28. The van der Waals surface area contributed by atoms with Crippen LogP contribution in [0, 0.1) is 0 Å². The van der Waals surface area contributed by atoms with Crippen molar-refractivity contribution in [2.45, 2.75) is 63.6 Å². The number of unbranched alkanes of at least 4 members (excludes halogenated alkanes) is 1. The van der Waals surface area contributed by atoms with Gasteiger partial charge in [-0.3, -0.25) is 4.79 Å². The van der Waals surface area contributed by atoms with Crippen molar-refractivity contribution in [2.75, 3.05) is 13.1 Å². The van der Waals surface area contributed by atoms with E-state index in [4.69, 9.17) is 5.73 Å². The third-order valence-corrected chi connectivity index (χ3v) is 4.30.